The van der Waals surface area contributed by atoms with Crippen molar-refractivity contribution in [2.24, 2.45) is 0 Å². The van der Waals surface area contributed by atoms with Crippen molar-refractivity contribution in [3.8, 4) is 22.6 Å². The number of aromatic hydroxyl groups is 1. The Labute approximate surface area is 107 Å². The molecule has 0 atom stereocenters. The van der Waals surface area contributed by atoms with Crippen molar-refractivity contribution < 1.29 is 23.0 Å². The quantitative estimate of drug-likeness (QED) is 0.647. The van der Waals surface area contributed by atoms with E-state index >= 15 is 0 Å². The van der Waals surface area contributed by atoms with Crippen LogP contribution in [0.2, 0.25) is 0 Å². The number of phenols is 1. The van der Waals surface area contributed by atoms with E-state index in [9.17, 15) is 18.3 Å². The number of nitrogen functional groups attached to an aromatic ring is 1. The molecule has 0 aliphatic heterocycles. The molecule has 0 saturated heterocycles. The largest absolute Gasteiger partial charge is 0.573 e. The number of alkyl halides is 3. The number of ether oxygens (including phenoxy) is 1. The van der Waals surface area contributed by atoms with Crippen LogP contribution in [-0.2, 0) is 0 Å². The van der Waals surface area contributed by atoms with Crippen molar-refractivity contribution in [3.05, 3.63) is 42.5 Å². The molecule has 19 heavy (non-hydrogen) atoms. The number of phenolic OH excluding ortho intramolecular Hbond substituents is 1. The van der Waals surface area contributed by atoms with Gasteiger partial charge < -0.3 is 15.6 Å². The number of hydrogen-bond donors (Lipinski definition) is 2. The van der Waals surface area contributed by atoms with Crippen molar-refractivity contribution in [1.82, 2.24) is 0 Å². The van der Waals surface area contributed by atoms with Crippen LogP contribution >= 0.6 is 0 Å². The summed E-state index contributed by atoms with van der Waals surface area (Å²) in [5.41, 5.74) is 6.94. The number of hydrogen-bond acceptors (Lipinski definition) is 3. The zero-order valence-corrected chi connectivity index (χ0v) is 9.61. The van der Waals surface area contributed by atoms with Gasteiger partial charge in [-0.15, -0.1) is 13.2 Å². The lowest BCUT2D eigenvalue weighted by atomic mass is 10.0. The van der Waals surface area contributed by atoms with Crippen LogP contribution < -0.4 is 10.5 Å². The highest BCUT2D eigenvalue weighted by atomic mass is 19.4. The third-order valence-electron chi connectivity index (χ3n) is 2.42. The van der Waals surface area contributed by atoms with Crippen LogP contribution in [-0.4, -0.2) is 11.5 Å². The van der Waals surface area contributed by atoms with Crippen LogP contribution in [0.15, 0.2) is 42.5 Å². The average molecular weight is 269 g/mol. The summed E-state index contributed by atoms with van der Waals surface area (Å²) >= 11 is 0. The molecule has 0 radical (unpaired) electrons. The molecule has 6 heteroatoms. The second kappa shape index (κ2) is 4.72. The Balaban J connectivity index is 2.40. The fourth-order valence-corrected chi connectivity index (χ4v) is 1.66. The standard InChI is InChI=1S/C13H10F3NO2/c14-13(15,16)19-10-3-1-2-8(6-10)11-7-9(18)4-5-12(11)17/h1-7,18H,17H2. The predicted molar refractivity (Wildman–Crippen MR) is 64.6 cm³/mol. The van der Waals surface area contributed by atoms with Gasteiger partial charge in [-0.25, -0.2) is 0 Å². The Morgan fingerprint density at radius 1 is 1.05 bits per heavy atom. The van der Waals surface area contributed by atoms with E-state index < -0.39 is 6.36 Å². The zero-order valence-electron chi connectivity index (χ0n) is 9.61. The van der Waals surface area contributed by atoms with Crippen molar-refractivity contribution in [3.63, 3.8) is 0 Å². The zero-order chi connectivity index (χ0) is 14.0. The number of anilines is 1. The Bertz CT molecular complexity index is 597. The molecule has 0 aliphatic carbocycles. The Kier molecular flexibility index (Phi) is 3.25. The van der Waals surface area contributed by atoms with Gasteiger partial charge in [-0.05, 0) is 35.9 Å². The van der Waals surface area contributed by atoms with Crippen LogP contribution in [0, 0.1) is 0 Å². The molecule has 2 aromatic carbocycles. The first kappa shape index (κ1) is 13.1. The summed E-state index contributed by atoms with van der Waals surface area (Å²) in [6.07, 6.45) is -4.75. The van der Waals surface area contributed by atoms with Gasteiger partial charge in [0, 0.05) is 11.3 Å². The lowest BCUT2D eigenvalue weighted by Crippen LogP contribution is -2.17. The van der Waals surface area contributed by atoms with E-state index in [0.29, 0.717) is 16.8 Å². The first-order chi connectivity index (χ1) is 8.85. The molecule has 0 spiro atoms. The molecule has 0 amide bonds. The highest BCUT2D eigenvalue weighted by Crippen LogP contribution is 2.32. The minimum Gasteiger partial charge on any atom is -0.508 e. The molecule has 0 heterocycles. The van der Waals surface area contributed by atoms with Gasteiger partial charge in [0.25, 0.3) is 0 Å². The molecule has 0 aliphatic rings. The van der Waals surface area contributed by atoms with Gasteiger partial charge >= 0.3 is 6.36 Å². The molecule has 0 bridgehead atoms. The maximum Gasteiger partial charge on any atom is 0.573 e. The fraction of sp³-hybridized carbons (Fsp3) is 0.0769. The summed E-state index contributed by atoms with van der Waals surface area (Å²) < 4.78 is 40.2. The second-order valence-corrected chi connectivity index (χ2v) is 3.85. The first-order valence-electron chi connectivity index (χ1n) is 5.30. The monoisotopic (exact) mass is 269 g/mol. The minimum atomic E-state index is -4.75. The van der Waals surface area contributed by atoms with E-state index in [0.717, 1.165) is 0 Å². The van der Waals surface area contributed by atoms with E-state index in [-0.39, 0.29) is 11.5 Å². The number of nitrogens with two attached hydrogens (primary N) is 1. The van der Waals surface area contributed by atoms with E-state index in [2.05, 4.69) is 4.74 Å². The smallest absolute Gasteiger partial charge is 0.508 e. The third kappa shape index (κ3) is 3.31. The van der Waals surface area contributed by atoms with E-state index in [1.807, 2.05) is 0 Å². The average Bonchev–Trinajstić information content (AvgIpc) is 2.30. The van der Waals surface area contributed by atoms with Crippen molar-refractivity contribution >= 4 is 5.69 Å². The van der Waals surface area contributed by atoms with Crippen molar-refractivity contribution in [2.75, 3.05) is 5.73 Å². The fourth-order valence-electron chi connectivity index (χ4n) is 1.66. The normalized spacial score (nSPS) is 11.3. The summed E-state index contributed by atoms with van der Waals surface area (Å²) in [7, 11) is 0. The van der Waals surface area contributed by atoms with Crippen LogP contribution in [0.4, 0.5) is 18.9 Å². The number of rotatable bonds is 2. The lowest BCUT2D eigenvalue weighted by Gasteiger charge is -2.11. The van der Waals surface area contributed by atoms with E-state index in [4.69, 9.17) is 5.73 Å². The minimum absolute atomic E-state index is 0.0219. The van der Waals surface area contributed by atoms with Gasteiger partial charge in [-0.3, -0.25) is 0 Å². The topological polar surface area (TPSA) is 55.5 Å². The van der Waals surface area contributed by atoms with Gasteiger partial charge in [-0.2, -0.15) is 0 Å². The van der Waals surface area contributed by atoms with Gasteiger partial charge in [0.1, 0.15) is 11.5 Å². The third-order valence-corrected chi connectivity index (χ3v) is 2.42. The van der Waals surface area contributed by atoms with Gasteiger partial charge in [0.2, 0.25) is 0 Å². The van der Waals surface area contributed by atoms with E-state index in [1.165, 1.54) is 36.4 Å². The summed E-state index contributed by atoms with van der Waals surface area (Å²) in [5, 5.41) is 9.39. The first-order valence-corrected chi connectivity index (χ1v) is 5.30. The maximum atomic E-state index is 12.1. The van der Waals surface area contributed by atoms with Gasteiger partial charge in [0.05, 0.1) is 0 Å². The molecule has 3 N–H and O–H groups in total. The van der Waals surface area contributed by atoms with Crippen LogP contribution in [0.3, 0.4) is 0 Å². The summed E-state index contributed by atoms with van der Waals surface area (Å²) in [6.45, 7) is 0. The second-order valence-electron chi connectivity index (χ2n) is 3.85. The number of benzene rings is 2. The molecule has 2 rings (SSSR count). The van der Waals surface area contributed by atoms with Crippen molar-refractivity contribution in [1.29, 1.82) is 0 Å². The molecular formula is C13H10F3NO2. The molecule has 0 saturated carbocycles. The highest BCUT2D eigenvalue weighted by Gasteiger charge is 2.31. The lowest BCUT2D eigenvalue weighted by molar-refractivity contribution is -0.274. The van der Waals surface area contributed by atoms with Gasteiger partial charge in [0.15, 0.2) is 0 Å². The molecule has 0 aromatic heterocycles. The van der Waals surface area contributed by atoms with Gasteiger partial charge in [-0.1, -0.05) is 12.1 Å². The molecule has 3 nitrogen and oxygen atoms in total. The van der Waals surface area contributed by atoms with Crippen molar-refractivity contribution in [2.45, 2.75) is 6.36 Å². The Morgan fingerprint density at radius 2 is 1.79 bits per heavy atom. The summed E-state index contributed by atoms with van der Waals surface area (Å²) in [6, 6.07) is 9.64. The maximum absolute atomic E-state index is 12.1. The van der Waals surface area contributed by atoms with Crippen LogP contribution in [0.1, 0.15) is 0 Å². The predicted octanol–water partition coefficient (Wildman–Crippen LogP) is 3.54. The Hall–Kier alpha value is -2.37. The van der Waals surface area contributed by atoms with Crippen LogP contribution in [0.25, 0.3) is 11.1 Å². The molecular weight excluding hydrogens is 259 g/mol. The Morgan fingerprint density at radius 3 is 2.47 bits per heavy atom. The van der Waals surface area contributed by atoms with Crippen LogP contribution in [0.5, 0.6) is 11.5 Å². The van der Waals surface area contributed by atoms with E-state index in [1.54, 1.807) is 6.07 Å². The molecule has 2 aromatic rings. The molecule has 0 fully saturated rings. The highest BCUT2D eigenvalue weighted by molar-refractivity contribution is 5.78. The summed E-state index contributed by atoms with van der Waals surface area (Å²) in [5.74, 6) is -0.362. The SMILES string of the molecule is Nc1ccc(O)cc1-c1cccc(OC(F)(F)F)c1. The molecule has 100 valence electrons. The number of halogens is 3. The molecule has 0 unspecified atom stereocenters. The summed E-state index contributed by atoms with van der Waals surface area (Å²) in [4.78, 5) is 0.